The number of hydrazine groups is 1. The summed E-state index contributed by atoms with van der Waals surface area (Å²) >= 11 is 5.85. The van der Waals surface area contributed by atoms with Gasteiger partial charge in [-0.2, -0.15) is 0 Å². The molecule has 2 amide bonds. The van der Waals surface area contributed by atoms with Crippen molar-refractivity contribution in [2.24, 2.45) is 0 Å². The summed E-state index contributed by atoms with van der Waals surface area (Å²) in [5.74, 6) is -1.40. The van der Waals surface area contributed by atoms with Crippen LogP contribution in [0.4, 0.5) is 4.39 Å². The first kappa shape index (κ1) is 18.5. The molecule has 0 bridgehead atoms. The van der Waals surface area contributed by atoms with Gasteiger partial charge in [0.15, 0.2) is 5.76 Å². The van der Waals surface area contributed by atoms with E-state index < -0.39 is 17.6 Å². The fourth-order valence-corrected chi connectivity index (χ4v) is 2.52. The van der Waals surface area contributed by atoms with E-state index in [0.717, 1.165) is 0 Å². The lowest BCUT2D eigenvalue weighted by atomic mass is 10.1. The van der Waals surface area contributed by atoms with Crippen molar-refractivity contribution in [3.63, 3.8) is 0 Å². The Kier molecular flexibility index (Phi) is 5.42. The minimum Gasteiger partial charge on any atom is -0.496 e. The van der Waals surface area contributed by atoms with Gasteiger partial charge in [0, 0.05) is 5.02 Å². The van der Waals surface area contributed by atoms with Gasteiger partial charge in [0.2, 0.25) is 0 Å². The van der Waals surface area contributed by atoms with Crippen molar-refractivity contribution in [2.75, 3.05) is 7.11 Å². The third kappa shape index (κ3) is 4.09. The highest BCUT2D eigenvalue weighted by Crippen LogP contribution is 2.25. The molecule has 3 rings (SSSR count). The zero-order chi connectivity index (χ0) is 19.4. The van der Waals surface area contributed by atoms with Crippen LogP contribution >= 0.6 is 11.6 Å². The average Bonchev–Trinajstić information content (AvgIpc) is 3.16. The number of carbonyl (C=O) groups excluding carboxylic acids is 2. The number of hydrogen-bond donors (Lipinski definition) is 2. The predicted molar refractivity (Wildman–Crippen MR) is 97.0 cm³/mol. The van der Waals surface area contributed by atoms with Crippen LogP contribution in [0.3, 0.4) is 0 Å². The van der Waals surface area contributed by atoms with Gasteiger partial charge in [-0.15, -0.1) is 0 Å². The van der Waals surface area contributed by atoms with Crippen LogP contribution in [0, 0.1) is 5.82 Å². The Labute approximate surface area is 158 Å². The molecule has 2 aromatic carbocycles. The first-order valence-corrected chi connectivity index (χ1v) is 8.16. The van der Waals surface area contributed by atoms with Gasteiger partial charge < -0.3 is 9.15 Å². The maximum atomic E-state index is 13.8. The molecule has 0 aliphatic carbocycles. The summed E-state index contributed by atoms with van der Waals surface area (Å²) in [6.07, 6.45) is 0. The molecule has 2 N–H and O–H groups in total. The molecule has 0 fully saturated rings. The van der Waals surface area contributed by atoms with Gasteiger partial charge >= 0.3 is 5.91 Å². The molecule has 6 nitrogen and oxygen atoms in total. The second-order valence-corrected chi connectivity index (χ2v) is 5.83. The number of methoxy groups -OCH3 is 1. The molecule has 0 aliphatic rings. The minimum atomic E-state index is -0.695. The zero-order valence-electron chi connectivity index (χ0n) is 14.1. The number of amides is 2. The molecule has 1 heterocycles. The fourth-order valence-electron chi connectivity index (χ4n) is 2.36. The van der Waals surface area contributed by atoms with E-state index in [1.807, 2.05) is 0 Å². The molecular formula is C19H14ClFN2O4. The molecule has 27 heavy (non-hydrogen) atoms. The highest BCUT2D eigenvalue weighted by atomic mass is 35.5. The quantitative estimate of drug-likeness (QED) is 0.666. The summed E-state index contributed by atoms with van der Waals surface area (Å²) in [7, 11) is 1.40. The summed E-state index contributed by atoms with van der Waals surface area (Å²) < 4.78 is 24.2. The Hall–Kier alpha value is -3.32. The third-order valence-corrected chi connectivity index (χ3v) is 3.90. The molecular weight excluding hydrogens is 375 g/mol. The lowest BCUT2D eigenvalue weighted by Crippen LogP contribution is -2.41. The largest absolute Gasteiger partial charge is 0.496 e. The third-order valence-electron chi connectivity index (χ3n) is 3.67. The van der Waals surface area contributed by atoms with Crippen molar-refractivity contribution in [3.05, 3.63) is 76.8 Å². The number of ether oxygens (including phenoxy) is 1. The molecule has 8 heteroatoms. The number of benzene rings is 2. The number of carbonyl (C=O) groups is 2. The van der Waals surface area contributed by atoms with Gasteiger partial charge in [-0.3, -0.25) is 20.4 Å². The normalized spacial score (nSPS) is 10.3. The highest BCUT2D eigenvalue weighted by Gasteiger charge is 2.17. The molecule has 0 saturated carbocycles. The average molecular weight is 389 g/mol. The van der Waals surface area contributed by atoms with Gasteiger partial charge in [-0.25, -0.2) is 4.39 Å². The molecule has 0 atom stereocenters. The fraction of sp³-hybridized carbons (Fsp3) is 0.0526. The second-order valence-electron chi connectivity index (χ2n) is 5.40. The van der Waals surface area contributed by atoms with Crippen LogP contribution in [0.25, 0.3) is 11.3 Å². The summed E-state index contributed by atoms with van der Waals surface area (Å²) in [6.45, 7) is 0. The van der Waals surface area contributed by atoms with Gasteiger partial charge in [-0.05, 0) is 42.5 Å². The smallest absolute Gasteiger partial charge is 0.305 e. The summed E-state index contributed by atoms with van der Waals surface area (Å²) in [5, 5.41) is 0.406. The van der Waals surface area contributed by atoms with E-state index in [1.165, 1.54) is 49.6 Å². The van der Waals surface area contributed by atoms with E-state index >= 15 is 0 Å². The molecule has 1 aromatic heterocycles. The van der Waals surface area contributed by atoms with E-state index in [9.17, 15) is 14.0 Å². The standard InChI is InChI=1S/C19H14ClFN2O4/c1-26-17-10-11(20)6-7-13(17)18(24)22-23-19(25)16-9-8-15(27-16)12-4-2-3-5-14(12)21/h2-10H,1H3,(H,22,24)(H,23,25). The van der Waals surface area contributed by atoms with Gasteiger partial charge in [0.1, 0.15) is 17.3 Å². The lowest BCUT2D eigenvalue weighted by Gasteiger charge is -2.10. The van der Waals surface area contributed by atoms with Crippen LogP contribution in [0.5, 0.6) is 5.75 Å². The minimum absolute atomic E-state index is 0.0865. The van der Waals surface area contributed by atoms with E-state index in [4.69, 9.17) is 20.8 Å². The van der Waals surface area contributed by atoms with Crippen molar-refractivity contribution in [1.29, 1.82) is 0 Å². The molecule has 0 spiro atoms. The molecule has 138 valence electrons. The molecule has 3 aromatic rings. The van der Waals surface area contributed by atoms with Crippen LogP contribution in [0.1, 0.15) is 20.9 Å². The predicted octanol–water partition coefficient (Wildman–Crippen LogP) is 3.82. The van der Waals surface area contributed by atoms with Crippen molar-refractivity contribution in [1.82, 2.24) is 10.9 Å². The van der Waals surface area contributed by atoms with Gasteiger partial charge in [0.25, 0.3) is 5.91 Å². The van der Waals surface area contributed by atoms with Crippen LogP contribution < -0.4 is 15.6 Å². The number of halogens is 2. The second kappa shape index (κ2) is 7.92. The van der Waals surface area contributed by atoms with Crippen molar-refractivity contribution in [2.45, 2.75) is 0 Å². The number of furan rings is 1. The highest BCUT2D eigenvalue weighted by molar-refractivity contribution is 6.30. The Bertz CT molecular complexity index is 1000. The van der Waals surface area contributed by atoms with Crippen LogP contribution in [0.2, 0.25) is 5.02 Å². The Morgan fingerprint density at radius 1 is 1.04 bits per heavy atom. The SMILES string of the molecule is COc1cc(Cl)ccc1C(=O)NNC(=O)c1ccc(-c2ccccc2F)o1. The molecule has 0 aliphatic heterocycles. The van der Waals surface area contributed by atoms with Crippen molar-refractivity contribution < 1.29 is 23.1 Å². The topological polar surface area (TPSA) is 80.6 Å². The summed E-state index contributed by atoms with van der Waals surface area (Å²) in [4.78, 5) is 24.4. The summed E-state index contributed by atoms with van der Waals surface area (Å²) in [5.41, 5.74) is 4.90. The lowest BCUT2D eigenvalue weighted by molar-refractivity contribution is 0.0830. The van der Waals surface area contributed by atoms with Crippen LogP contribution in [-0.4, -0.2) is 18.9 Å². The van der Waals surface area contributed by atoms with E-state index in [2.05, 4.69) is 10.9 Å². The zero-order valence-corrected chi connectivity index (χ0v) is 14.8. The maximum absolute atomic E-state index is 13.8. The van der Waals surface area contributed by atoms with E-state index in [-0.39, 0.29) is 28.4 Å². The molecule has 0 saturated heterocycles. The number of nitrogens with one attached hydrogen (secondary N) is 2. The first-order chi connectivity index (χ1) is 13.0. The Morgan fingerprint density at radius 3 is 2.52 bits per heavy atom. The molecule has 0 unspecified atom stereocenters. The Morgan fingerprint density at radius 2 is 1.78 bits per heavy atom. The first-order valence-electron chi connectivity index (χ1n) is 7.78. The Balaban J connectivity index is 1.68. The van der Waals surface area contributed by atoms with Crippen LogP contribution in [-0.2, 0) is 0 Å². The van der Waals surface area contributed by atoms with Crippen molar-refractivity contribution >= 4 is 23.4 Å². The number of hydrogen-bond acceptors (Lipinski definition) is 4. The molecule has 0 radical (unpaired) electrons. The monoisotopic (exact) mass is 388 g/mol. The van der Waals surface area contributed by atoms with Crippen molar-refractivity contribution in [3.8, 4) is 17.1 Å². The van der Waals surface area contributed by atoms with Gasteiger partial charge in [0.05, 0.1) is 18.2 Å². The van der Waals surface area contributed by atoms with Gasteiger partial charge in [-0.1, -0.05) is 23.7 Å². The van der Waals surface area contributed by atoms with E-state index in [1.54, 1.807) is 12.1 Å². The summed E-state index contributed by atoms with van der Waals surface area (Å²) in [6, 6.07) is 13.3. The number of rotatable bonds is 4. The van der Waals surface area contributed by atoms with E-state index in [0.29, 0.717) is 5.02 Å². The maximum Gasteiger partial charge on any atom is 0.305 e. The van der Waals surface area contributed by atoms with Crippen LogP contribution in [0.15, 0.2) is 59.0 Å².